The van der Waals surface area contributed by atoms with Crippen LogP contribution in [-0.4, -0.2) is 12.2 Å². The summed E-state index contributed by atoms with van der Waals surface area (Å²) in [4.78, 5) is 0. The molecule has 1 aromatic rings. The summed E-state index contributed by atoms with van der Waals surface area (Å²) in [6.07, 6.45) is 0.439. The van der Waals surface area contributed by atoms with E-state index >= 15 is 0 Å². The number of methoxy groups -OCH3 is 1. The molecular formula is C13H18O2. The van der Waals surface area contributed by atoms with Crippen LogP contribution in [0.15, 0.2) is 12.1 Å². The molecule has 0 aliphatic heterocycles. The van der Waals surface area contributed by atoms with Crippen LogP contribution in [0.5, 0.6) is 5.75 Å². The Morgan fingerprint density at radius 1 is 1.40 bits per heavy atom. The number of rotatable bonds is 1. The van der Waals surface area contributed by atoms with Crippen LogP contribution in [-0.2, 0) is 5.41 Å². The van der Waals surface area contributed by atoms with Gasteiger partial charge in [-0.05, 0) is 36.0 Å². The zero-order chi connectivity index (χ0) is 11.2. The van der Waals surface area contributed by atoms with Crippen LogP contribution in [0.3, 0.4) is 0 Å². The molecule has 2 rings (SSSR count). The fraction of sp³-hybridized carbons (Fsp3) is 0.538. The molecule has 15 heavy (non-hydrogen) atoms. The third-order valence-corrected chi connectivity index (χ3v) is 3.36. The summed E-state index contributed by atoms with van der Waals surface area (Å²) in [7, 11) is 1.69. The largest absolute Gasteiger partial charge is 0.496 e. The Balaban J connectivity index is 2.71. The van der Waals surface area contributed by atoms with Gasteiger partial charge in [-0.25, -0.2) is 0 Å². The third kappa shape index (κ3) is 1.44. The Kier molecular flexibility index (Phi) is 2.27. The van der Waals surface area contributed by atoms with Gasteiger partial charge in [0.05, 0.1) is 13.2 Å². The van der Waals surface area contributed by atoms with Crippen LogP contribution >= 0.6 is 0 Å². The molecule has 82 valence electrons. The summed E-state index contributed by atoms with van der Waals surface area (Å²) in [5.41, 5.74) is 3.41. The van der Waals surface area contributed by atoms with Gasteiger partial charge < -0.3 is 9.84 Å². The van der Waals surface area contributed by atoms with Crippen molar-refractivity contribution in [3.8, 4) is 5.75 Å². The monoisotopic (exact) mass is 206 g/mol. The molecule has 1 N–H and O–H groups in total. The molecule has 1 aromatic carbocycles. The van der Waals surface area contributed by atoms with Crippen molar-refractivity contribution in [2.45, 2.75) is 38.7 Å². The van der Waals surface area contributed by atoms with Gasteiger partial charge in [-0.2, -0.15) is 0 Å². The Morgan fingerprint density at radius 3 is 2.67 bits per heavy atom. The smallest absolute Gasteiger partial charge is 0.122 e. The van der Waals surface area contributed by atoms with Gasteiger partial charge in [0.15, 0.2) is 0 Å². The summed E-state index contributed by atoms with van der Waals surface area (Å²) in [5, 5.41) is 10.1. The van der Waals surface area contributed by atoms with Gasteiger partial charge in [0.25, 0.3) is 0 Å². The number of benzene rings is 1. The predicted molar refractivity (Wildman–Crippen MR) is 60.3 cm³/mol. The predicted octanol–water partition coefficient (Wildman–Crippen LogP) is 2.72. The first-order valence-corrected chi connectivity index (χ1v) is 5.33. The maximum absolute atomic E-state index is 10.1. The van der Waals surface area contributed by atoms with E-state index in [4.69, 9.17) is 4.74 Å². The van der Waals surface area contributed by atoms with Gasteiger partial charge in [-0.3, -0.25) is 0 Å². The average molecular weight is 206 g/mol. The number of hydrogen-bond acceptors (Lipinski definition) is 2. The van der Waals surface area contributed by atoms with Gasteiger partial charge >= 0.3 is 0 Å². The topological polar surface area (TPSA) is 29.5 Å². The lowest BCUT2D eigenvalue weighted by Crippen LogP contribution is -2.13. The van der Waals surface area contributed by atoms with Crippen LogP contribution in [0.25, 0.3) is 0 Å². The molecule has 0 heterocycles. The van der Waals surface area contributed by atoms with E-state index in [1.54, 1.807) is 7.11 Å². The average Bonchev–Trinajstić information content (AvgIpc) is 2.39. The van der Waals surface area contributed by atoms with E-state index in [-0.39, 0.29) is 11.5 Å². The van der Waals surface area contributed by atoms with Crippen molar-refractivity contribution in [2.75, 3.05) is 7.11 Å². The van der Waals surface area contributed by atoms with E-state index in [0.29, 0.717) is 0 Å². The maximum Gasteiger partial charge on any atom is 0.122 e. The Morgan fingerprint density at radius 2 is 2.07 bits per heavy atom. The molecule has 1 aliphatic rings. The molecule has 0 aromatic heterocycles. The quantitative estimate of drug-likeness (QED) is 0.765. The highest BCUT2D eigenvalue weighted by atomic mass is 16.5. The van der Waals surface area contributed by atoms with Crippen molar-refractivity contribution in [1.82, 2.24) is 0 Å². The molecule has 0 bridgehead atoms. The fourth-order valence-electron chi connectivity index (χ4n) is 2.69. The summed E-state index contributed by atoms with van der Waals surface area (Å²) in [6.45, 7) is 6.36. The number of aliphatic hydroxyl groups is 1. The minimum atomic E-state index is -0.343. The van der Waals surface area contributed by atoms with Gasteiger partial charge in [0.2, 0.25) is 0 Å². The first kappa shape index (κ1) is 10.5. The van der Waals surface area contributed by atoms with E-state index in [1.165, 1.54) is 5.56 Å². The van der Waals surface area contributed by atoms with E-state index in [9.17, 15) is 5.11 Å². The van der Waals surface area contributed by atoms with Crippen molar-refractivity contribution in [2.24, 2.45) is 0 Å². The molecule has 0 saturated carbocycles. The lowest BCUT2D eigenvalue weighted by atomic mass is 9.85. The normalized spacial score (nSPS) is 22.6. The second kappa shape index (κ2) is 3.24. The second-order valence-electron chi connectivity index (χ2n) is 4.98. The number of ether oxygens (including phenoxy) is 1. The minimum Gasteiger partial charge on any atom is -0.496 e. The molecule has 1 atom stereocenters. The molecule has 1 aliphatic carbocycles. The molecule has 2 nitrogen and oxygen atoms in total. The van der Waals surface area contributed by atoms with E-state index in [0.717, 1.165) is 23.3 Å². The SMILES string of the molecule is COc1ccc(C)c2c1C(C)(C)CC2O. The molecule has 0 spiro atoms. The van der Waals surface area contributed by atoms with Crippen molar-refractivity contribution in [1.29, 1.82) is 0 Å². The molecule has 0 amide bonds. The molecule has 0 radical (unpaired) electrons. The Bertz CT molecular complexity index is 394. The number of aliphatic hydroxyl groups excluding tert-OH is 1. The highest BCUT2D eigenvalue weighted by Crippen LogP contribution is 2.49. The number of fused-ring (bicyclic) bond motifs is 1. The Hall–Kier alpha value is -1.02. The maximum atomic E-state index is 10.1. The lowest BCUT2D eigenvalue weighted by molar-refractivity contribution is 0.161. The van der Waals surface area contributed by atoms with Gasteiger partial charge in [0.1, 0.15) is 5.75 Å². The highest BCUT2D eigenvalue weighted by molar-refractivity contribution is 5.53. The molecule has 0 saturated heterocycles. The third-order valence-electron chi connectivity index (χ3n) is 3.36. The van der Waals surface area contributed by atoms with Crippen molar-refractivity contribution < 1.29 is 9.84 Å². The van der Waals surface area contributed by atoms with Gasteiger partial charge in [0, 0.05) is 5.56 Å². The summed E-state index contributed by atoms with van der Waals surface area (Å²) >= 11 is 0. The first-order chi connectivity index (χ1) is 6.97. The van der Waals surface area contributed by atoms with E-state index < -0.39 is 0 Å². The second-order valence-corrected chi connectivity index (χ2v) is 4.98. The van der Waals surface area contributed by atoms with Crippen molar-refractivity contribution in [3.63, 3.8) is 0 Å². The summed E-state index contributed by atoms with van der Waals surface area (Å²) in [6, 6.07) is 4.01. The van der Waals surface area contributed by atoms with Crippen LogP contribution in [0.2, 0.25) is 0 Å². The van der Waals surface area contributed by atoms with E-state index in [2.05, 4.69) is 13.8 Å². The van der Waals surface area contributed by atoms with Crippen LogP contribution in [0.1, 0.15) is 43.1 Å². The van der Waals surface area contributed by atoms with Crippen LogP contribution in [0.4, 0.5) is 0 Å². The van der Waals surface area contributed by atoms with Crippen molar-refractivity contribution >= 4 is 0 Å². The minimum absolute atomic E-state index is 0.00606. The number of aryl methyl sites for hydroxylation is 1. The molecular weight excluding hydrogens is 188 g/mol. The molecule has 2 heteroatoms. The molecule has 0 fully saturated rings. The molecule has 1 unspecified atom stereocenters. The van der Waals surface area contributed by atoms with Crippen LogP contribution < -0.4 is 4.74 Å². The Labute approximate surface area is 90.9 Å². The van der Waals surface area contributed by atoms with Gasteiger partial charge in [-0.15, -0.1) is 0 Å². The highest BCUT2D eigenvalue weighted by Gasteiger charge is 2.39. The zero-order valence-corrected chi connectivity index (χ0v) is 9.79. The fourth-order valence-corrected chi connectivity index (χ4v) is 2.69. The summed E-state index contributed by atoms with van der Waals surface area (Å²) < 4.78 is 5.38. The summed E-state index contributed by atoms with van der Waals surface area (Å²) in [5.74, 6) is 0.900. The van der Waals surface area contributed by atoms with Crippen LogP contribution in [0, 0.1) is 6.92 Å². The standard InChI is InChI=1S/C13H18O2/c1-8-5-6-10(15-4)12-11(8)9(14)7-13(12,2)3/h5-6,9,14H,7H2,1-4H3. The van der Waals surface area contributed by atoms with Gasteiger partial charge in [-0.1, -0.05) is 19.9 Å². The first-order valence-electron chi connectivity index (χ1n) is 5.33. The number of hydrogen-bond donors (Lipinski definition) is 1. The van der Waals surface area contributed by atoms with E-state index in [1.807, 2.05) is 19.1 Å². The lowest BCUT2D eigenvalue weighted by Gasteiger charge is -2.21. The zero-order valence-electron chi connectivity index (χ0n) is 9.79. The van der Waals surface area contributed by atoms with Crippen molar-refractivity contribution in [3.05, 3.63) is 28.8 Å².